The van der Waals surface area contributed by atoms with Crippen LogP contribution in [0, 0.1) is 0 Å². The first-order valence-electron chi connectivity index (χ1n) is 8.12. The van der Waals surface area contributed by atoms with Gasteiger partial charge in [0.15, 0.2) is 0 Å². The number of hydrogen-bond acceptors (Lipinski definition) is 3. The number of hydrogen-bond donors (Lipinski definition) is 0. The fourth-order valence-corrected chi connectivity index (χ4v) is 3.52. The lowest BCUT2D eigenvalue weighted by Crippen LogP contribution is -2.26. The topological polar surface area (TPSA) is 38.8 Å². The molecule has 2 aromatic carbocycles. The van der Waals surface area contributed by atoms with Crippen LogP contribution in [0.15, 0.2) is 46.9 Å². The standard InChI is InChI=1S/C19H19BrClNO3/c1-22(18-9-6-14(20)11-17(18)21)19(23)13-4-7-15(8-5-13)25-12-16-3-2-10-24-16/h4-9,11,16H,2-3,10,12H2,1H3. The quantitative estimate of drug-likeness (QED) is 0.682. The van der Waals surface area contributed by atoms with Crippen molar-refractivity contribution in [1.82, 2.24) is 0 Å². The van der Waals surface area contributed by atoms with Crippen LogP contribution in [-0.4, -0.2) is 32.3 Å². The van der Waals surface area contributed by atoms with Gasteiger partial charge in [-0.2, -0.15) is 0 Å². The molecule has 0 radical (unpaired) electrons. The maximum atomic E-state index is 12.7. The van der Waals surface area contributed by atoms with E-state index in [1.165, 1.54) is 4.90 Å². The van der Waals surface area contributed by atoms with Crippen LogP contribution < -0.4 is 9.64 Å². The molecule has 25 heavy (non-hydrogen) atoms. The van der Waals surface area contributed by atoms with Gasteiger partial charge in [-0.1, -0.05) is 27.5 Å². The van der Waals surface area contributed by atoms with Crippen molar-refractivity contribution in [2.45, 2.75) is 18.9 Å². The minimum atomic E-state index is -0.130. The SMILES string of the molecule is CN(C(=O)c1ccc(OCC2CCCO2)cc1)c1ccc(Br)cc1Cl. The average Bonchev–Trinajstić information content (AvgIpc) is 3.13. The fraction of sp³-hybridized carbons (Fsp3) is 0.316. The van der Waals surface area contributed by atoms with Gasteiger partial charge in [-0.15, -0.1) is 0 Å². The number of halogens is 2. The van der Waals surface area contributed by atoms with Crippen LogP contribution in [0.2, 0.25) is 5.02 Å². The smallest absolute Gasteiger partial charge is 0.258 e. The zero-order valence-electron chi connectivity index (χ0n) is 13.9. The normalized spacial score (nSPS) is 16.7. The number of ether oxygens (including phenoxy) is 2. The Kier molecular flexibility index (Phi) is 5.99. The molecule has 1 unspecified atom stereocenters. The molecule has 1 amide bonds. The molecule has 1 heterocycles. The van der Waals surface area contributed by atoms with E-state index in [0.717, 1.165) is 29.7 Å². The average molecular weight is 425 g/mol. The zero-order chi connectivity index (χ0) is 17.8. The molecule has 1 aliphatic rings. The monoisotopic (exact) mass is 423 g/mol. The predicted molar refractivity (Wildman–Crippen MR) is 103 cm³/mol. The summed E-state index contributed by atoms with van der Waals surface area (Å²) in [5, 5.41) is 0.516. The first kappa shape index (κ1) is 18.2. The molecule has 1 aliphatic heterocycles. The summed E-state index contributed by atoms with van der Waals surface area (Å²) in [6.07, 6.45) is 2.30. The maximum Gasteiger partial charge on any atom is 0.258 e. The second-order valence-electron chi connectivity index (χ2n) is 5.93. The van der Waals surface area contributed by atoms with Crippen molar-refractivity contribution in [3.05, 3.63) is 57.5 Å². The lowest BCUT2D eigenvalue weighted by molar-refractivity contribution is 0.0679. The summed E-state index contributed by atoms with van der Waals surface area (Å²) in [6, 6.07) is 12.6. The summed E-state index contributed by atoms with van der Waals surface area (Å²) in [5.74, 6) is 0.603. The Morgan fingerprint density at radius 1 is 1.32 bits per heavy atom. The van der Waals surface area contributed by atoms with Crippen molar-refractivity contribution in [2.24, 2.45) is 0 Å². The van der Waals surface area contributed by atoms with Gasteiger partial charge < -0.3 is 14.4 Å². The van der Waals surface area contributed by atoms with E-state index < -0.39 is 0 Å². The molecule has 0 saturated carbocycles. The molecule has 3 rings (SSSR count). The van der Waals surface area contributed by atoms with Gasteiger partial charge in [0.25, 0.3) is 5.91 Å². The van der Waals surface area contributed by atoms with Crippen molar-refractivity contribution >= 4 is 39.1 Å². The second kappa shape index (κ2) is 8.21. The van der Waals surface area contributed by atoms with Crippen LogP contribution in [-0.2, 0) is 4.74 Å². The molecular weight excluding hydrogens is 406 g/mol. The van der Waals surface area contributed by atoms with Crippen LogP contribution in [0.3, 0.4) is 0 Å². The highest BCUT2D eigenvalue weighted by molar-refractivity contribution is 9.10. The van der Waals surface area contributed by atoms with Crippen LogP contribution in [0.25, 0.3) is 0 Å². The first-order chi connectivity index (χ1) is 12.0. The van der Waals surface area contributed by atoms with Crippen LogP contribution in [0.5, 0.6) is 5.75 Å². The molecule has 0 spiro atoms. The van der Waals surface area contributed by atoms with Crippen LogP contribution in [0.4, 0.5) is 5.69 Å². The third-order valence-electron chi connectivity index (χ3n) is 4.14. The summed E-state index contributed by atoms with van der Waals surface area (Å²) in [5.41, 5.74) is 1.24. The van der Waals surface area contributed by atoms with E-state index in [4.69, 9.17) is 21.1 Å². The van der Waals surface area contributed by atoms with E-state index in [0.29, 0.717) is 22.9 Å². The molecule has 4 nitrogen and oxygen atoms in total. The zero-order valence-corrected chi connectivity index (χ0v) is 16.2. The number of carbonyl (C=O) groups excluding carboxylic acids is 1. The van der Waals surface area contributed by atoms with E-state index >= 15 is 0 Å². The molecule has 1 saturated heterocycles. The van der Waals surface area contributed by atoms with E-state index in [1.54, 1.807) is 37.4 Å². The Morgan fingerprint density at radius 3 is 2.72 bits per heavy atom. The lowest BCUT2D eigenvalue weighted by atomic mass is 10.2. The van der Waals surface area contributed by atoms with Crippen molar-refractivity contribution in [2.75, 3.05) is 25.2 Å². The number of benzene rings is 2. The van der Waals surface area contributed by atoms with Gasteiger partial charge >= 0.3 is 0 Å². The highest BCUT2D eigenvalue weighted by Gasteiger charge is 2.18. The molecule has 0 aromatic heterocycles. The maximum absolute atomic E-state index is 12.7. The molecule has 0 bridgehead atoms. The summed E-state index contributed by atoms with van der Waals surface area (Å²) in [4.78, 5) is 14.2. The van der Waals surface area contributed by atoms with E-state index in [1.807, 2.05) is 12.1 Å². The summed E-state index contributed by atoms with van der Waals surface area (Å²) in [7, 11) is 1.71. The lowest BCUT2D eigenvalue weighted by Gasteiger charge is -2.19. The first-order valence-corrected chi connectivity index (χ1v) is 9.29. The van der Waals surface area contributed by atoms with Gasteiger partial charge in [0.2, 0.25) is 0 Å². The van der Waals surface area contributed by atoms with Crippen LogP contribution >= 0.6 is 27.5 Å². The number of amides is 1. The van der Waals surface area contributed by atoms with Crippen molar-refractivity contribution in [1.29, 1.82) is 0 Å². The molecule has 2 aromatic rings. The van der Waals surface area contributed by atoms with Crippen molar-refractivity contribution in [3.63, 3.8) is 0 Å². The minimum Gasteiger partial charge on any atom is -0.491 e. The number of anilines is 1. The predicted octanol–water partition coefficient (Wildman–Crippen LogP) is 4.94. The Morgan fingerprint density at radius 2 is 2.08 bits per heavy atom. The minimum absolute atomic E-state index is 0.130. The third kappa shape index (κ3) is 4.54. The van der Waals surface area contributed by atoms with Gasteiger partial charge in [-0.3, -0.25) is 4.79 Å². The van der Waals surface area contributed by atoms with E-state index in [-0.39, 0.29) is 12.0 Å². The molecule has 1 fully saturated rings. The highest BCUT2D eigenvalue weighted by Crippen LogP contribution is 2.29. The highest BCUT2D eigenvalue weighted by atomic mass is 79.9. The van der Waals surface area contributed by atoms with Gasteiger partial charge in [-0.25, -0.2) is 0 Å². The Hall–Kier alpha value is -1.56. The van der Waals surface area contributed by atoms with Gasteiger partial charge in [-0.05, 0) is 55.3 Å². The number of nitrogens with zero attached hydrogens (tertiary/aromatic N) is 1. The van der Waals surface area contributed by atoms with Crippen molar-refractivity contribution < 1.29 is 14.3 Å². The summed E-state index contributed by atoms with van der Waals surface area (Å²) >= 11 is 9.59. The number of carbonyl (C=O) groups is 1. The van der Waals surface area contributed by atoms with E-state index in [9.17, 15) is 4.79 Å². The van der Waals surface area contributed by atoms with Gasteiger partial charge in [0, 0.05) is 23.7 Å². The summed E-state index contributed by atoms with van der Waals surface area (Å²) in [6.45, 7) is 1.36. The van der Waals surface area contributed by atoms with Gasteiger partial charge in [0.1, 0.15) is 12.4 Å². The molecule has 0 N–H and O–H groups in total. The fourth-order valence-electron chi connectivity index (χ4n) is 2.72. The second-order valence-corrected chi connectivity index (χ2v) is 7.25. The molecular formula is C19H19BrClNO3. The van der Waals surface area contributed by atoms with Gasteiger partial charge in [0.05, 0.1) is 16.8 Å². The molecule has 132 valence electrons. The van der Waals surface area contributed by atoms with Crippen LogP contribution in [0.1, 0.15) is 23.2 Å². The van der Waals surface area contributed by atoms with Crippen molar-refractivity contribution in [3.8, 4) is 5.75 Å². The Labute approximate surface area is 160 Å². The Bertz CT molecular complexity index is 745. The summed E-state index contributed by atoms with van der Waals surface area (Å²) < 4.78 is 12.1. The molecule has 1 atom stereocenters. The number of rotatable bonds is 5. The Balaban J connectivity index is 1.65. The third-order valence-corrected chi connectivity index (χ3v) is 4.93. The molecule has 6 heteroatoms. The van der Waals surface area contributed by atoms with E-state index in [2.05, 4.69) is 15.9 Å². The molecule has 0 aliphatic carbocycles. The largest absolute Gasteiger partial charge is 0.491 e.